The van der Waals surface area contributed by atoms with E-state index in [9.17, 15) is 9.70 Å². The fraction of sp³-hybridized carbons (Fsp3) is 0.947. The standard InChI is InChI=1S/C19H30N2O2/c1-18-8-6-14-13(15(18)10-12(11-18)20-23)4-5-16-19(14,2)9-7-17(22)21(16)3/h12-16H,4-11H2,1-3H3/t12?,13?,14?,15?,16?,18-,19-/m1/s1. The molecule has 4 aliphatic rings. The molecular formula is C19H30N2O2. The molecular weight excluding hydrogens is 288 g/mol. The third-order valence-electron chi connectivity index (χ3n) is 8.45. The van der Waals surface area contributed by atoms with Crippen LogP contribution in [-0.4, -0.2) is 29.9 Å². The first-order valence-electron chi connectivity index (χ1n) is 9.47. The molecule has 1 heterocycles. The Bertz CT molecular complexity index is 535. The van der Waals surface area contributed by atoms with E-state index < -0.39 is 0 Å². The molecule has 4 fully saturated rings. The van der Waals surface area contributed by atoms with Crippen molar-refractivity contribution in [1.29, 1.82) is 0 Å². The minimum absolute atomic E-state index is 0.0462. The number of amides is 1. The fourth-order valence-electron chi connectivity index (χ4n) is 7.25. The summed E-state index contributed by atoms with van der Waals surface area (Å²) >= 11 is 0. The summed E-state index contributed by atoms with van der Waals surface area (Å²) in [5.41, 5.74) is 0.610. The molecule has 0 aromatic heterocycles. The van der Waals surface area contributed by atoms with Gasteiger partial charge in [-0.15, -0.1) is 0 Å². The van der Waals surface area contributed by atoms with E-state index in [0.717, 1.165) is 37.5 Å². The zero-order valence-corrected chi connectivity index (χ0v) is 14.8. The van der Waals surface area contributed by atoms with Crippen LogP contribution in [0.25, 0.3) is 0 Å². The number of nitroso groups, excluding NO2 is 1. The topological polar surface area (TPSA) is 49.7 Å². The van der Waals surface area contributed by atoms with Gasteiger partial charge >= 0.3 is 0 Å². The SMILES string of the molecule is CN1C(=O)CC[C@]2(C)C3CC[C@]4(C)CC(N=O)CC4C3CCC12. The van der Waals surface area contributed by atoms with Gasteiger partial charge in [-0.2, -0.15) is 4.91 Å². The molecule has 23 heavy (non-hydrogen) atoms. The lowest BCUT2D eigenvalue weighted by Crippen LogP contribution is -2.61. The summed E-state index contributed by atoms with van der Waals surface area (Å²) in [5, 5.41) is 3.41. The summed E-state index contributed by atoms with van der Waals surface area (Å²) in [6, 6.07) is 0.473. The van der Waals surface area contributed by atoms with Gasteiger partial charge in [0.2, 0.25) is 5.91 Å². The van der Waals surface area contributed by atoms with Crippen LogP contribution in [-0.2, 0) is 4.79 Å². The second kappa shape index (κ2) is 5.03. The molecule has 0 spiro atoms. The Kier molecular flexibility index (Phi) is 3.41. The second-order valence-corrected chi connectivity index (χ2v) is 9.37. The van der Waals surface area contributed by atoms with Crippen LogP contribution in [0.15, 0.2) is 5.18 Å². The van der Waals surface area contributed by atoms with Crippen LogP contribution in [0.3, 0.4) is 0 Å². The third kappa shape index (κ3) is 2.05. The van der Waals surface area contributed by atoms with Crippen LogP contribution in [0.2, 0.25) is 0 Å². The van der Waals surface area contributed by atoms with Crippen molar-refractivity contribution in [2.24, 2.45) is 33.8 Å². The lowest BCUT2D eigenvalue weighted by Gasteiger charge is -2.61. The van der Waals surface area contributed by atoms with Gasteiger partial charge in [-0.05, 0) is 73.5 Å². The maximum absolute atomic E-state index is 12.1. The van der Waals surface area contributed by atoms with Crippen molar-refractivity contribution >= 4 is 5.91 Å². The lowest BCUT2D eigenvalue weighted by molar-refractivity contribution is -0.156. The summed E-state index contributed by atoms with van der Waals surface area (Å²) in [7, 11) is 2.01. The second-order valence-electron chi connectivity index (χ2n) is 9.37. The summed E-state index contributed by atoms with van der Waals surface area (Å²) in [4.78, 5) is 25.3. The van der Waals surface area contributed by atoms with Gasteiger partial charge in [-0.25, -0.2) is 0 Å². The first-order chi connectivity index (χ1) is 10.9. The number of hydrogen-bond donors (Lipinski definition) is 0. The van der Waals surface area contributed by atoms with Gasteiger partial charge in [0.15, 0.2) is 0 Å². The average molecular weight is 318 g/mol. The van der Waals surface area contributed by atoms with Gasteiger partial charge in [-0.1, -0.05) is 19.0 Å². The molecule has 4 nitrogen and oxygen atoms in total. The summed E-state index contributed by atoms with van der Waals surface area (Å²) in [5.74, 6) is 2.46. The molecule has 3 aliphatic carbocycles. The van der Waals surface area contributed by atoms with E-state index in [0.29, 0.717) is 29.7 Å². The lowest BCUT2D eigenvalue weighted by atomic mass is 9.47. The maximum atomic E-state index is 12.1. The Hall–Kier alpha value is -0.930. The highest BCUT2D eigenvalue weighted by molar-refractivity contribution is 5.77. The van der Waals surface area contributed by atoms with Crippen LogP contribution < -0.4 is 0 Å². The smallest absolute Gasteiger partial charge is 0.222 e. The number of piperidine rings is 1. The fourth-order valence-corrected chi connectivity index (χ4v) is 7.25. The number of hydrogen-bond acceptors (Lipinski definition) is 3. The van der Waals surface area contributed by atoms with Gasteiger partial charge in [0.1, 0.15) is 0 Å². The van der Waals surface area contributed by atoms with E-state index in [1.807, 2.05) is 7.05 Å². The Labute approximate surface area is 139 Å². The molecule has 4 heteroatoms. The zero-order valence-electron chi connectivity index (χ0n) is 14.8. The van der Waals surface area contributed by atoms with Gasteiger partial charge in [0.05, 0.1) is 6.04 Å². The van der Waals surface area contributed by atoms with E-state index in [1.165, 1.54) is 19.3 Å². The number of carbonyl (C=O) groups excluding carboxylic acids is 1. The Balaban J connectivity index is 1.64. The Morgan fingerprint density at radius 2 is 1.91 bits per heavy atom. The molecule has 0 radical (unpaired) electrons. The predicted molar refractivity (Wildman–Crippen MR) is 89.8 cm³/mol. The molecule has 7 atom stereocenters. The molecule has 0 aromatic rings. The number of carbonyl (C=O) groups is 1. The number of rotatable bonds is 1. The van der Waals surface area contributed by atoms with Crippen LogP contribution >= 0.6 is 0 Å². The number of likely N-dealkylation sites (tertiary alicyclic amines) is 1. The monoisotopic (exact) mass is 318 g/mol. The molecule has 0 aromatic carbocycles. The molecule has 0 bridgehead atoms. The summed E-state index contributed by atoms with van der Waals surface area (Å²) in [6.45, 7) is 4.86. The predicted octanol–water partition coefficient (Wildman–Crippen LogP) is 3.98. The van der Waals surface area contributed by atoms with E-state index in [-0.39, 0.29) is 11.5 Å². The molecule has 128 valence electrons. The van der Waals surface area contributed by atoms with Crippen LogP contribution in [0.4, 0.5) is 0 Å². The van der Waals surface area contributed by atoms with Crippen LogP contribution in [0, 0.1) is 33.5 Å². The highest BCUT2D eigenvalue weighted by atomic mass is 16.3. The third-order valence-corrected chi connectivity index (χ3v) is 8.45. The largest absolute Gasteiger partial charge is 0.342 e. The summed E-state index contributed by atoms with van der Waals surface area (Å²) in [6.07, 6.45) is 8.68. The van der Waals surface area contributed by atoms with Crippen molar-refractivity contribution in [3.8, 4) is 0 Å². The first-order valence-corrected chi connectivity index (χ1v) is 9.47. The number of fused-ring (bicyclic) bond motifs is 5. The Morgan fingerprint density at radius 3 is 2.65 bits per heavy atom. The van der Waals surface area contributed by atoms with Gasteiger partial charge < -0.3 is 4.90 Å². The van der Waals surface area contributed by atoms with Crippen molar-refractivity contribution in [3.05, 3.63) is 4.91 Å². The highest BCUT2D eigenvalue weighted by Crippen LogP contribution is 2.64. The van der Waals surface area contributed by atoms with E-state index in [1.54, 1.807) is 0 Å². The maximum Gasteiger partial charge on any atom is 0.222 e. The van der Waals surface area contributed by atoms with Gasteiger partial charge in [0, 0.05) is 19.5 Å². The quantitative estimate of drug-likeness (QED) is 0.687. The highest BCUT2D eigenvalue weighted by Gasteiger charge is 2.60. The minimum Gasteiger partial charge on any atom is -0.342 e. The normalized spacial score (nSPS) is 52.6. The van der Waals surface area contributed by atoms with E-state index in [2.05, 4.69) is 23.9 Å². The molecule has 5 unspecified atom stereocenters. The van der Waals surface area contributed by atoms with Gasteiger partial charge in [-0.3, -0.25) is 4.79 Å². The van der Waals surface area contributed by atoms with Crippen molar-refractivity contribution in [3.63, 3.8) is 0 Å². The first kappa shape index (κ1) is 15.6. The molecule has 3 saturated carbocycles. The Morgan fingerprint density at radius 1 is 1.13 bits per heavy atom. The molecule has 1 amide bonds. The number of nitrogens with zero attached hydrogens (tertiary/aromatic N) is 2. The van der Waals surface area contributed by atoms with Crippen LogP contribution in [0.1, 0.15) is 65.2 Å². The van der Waals surface area contributed by atoms with E-state index in [4.69, 9.17) is 0 Å². The van der Waals surface area contributed by atoms with E-state index >= 15 is 0 Å². The molecule has 4 rings (SSSR count). The molecule has 1 saturated heterocycles. The molecule has 1 aliphatic heterocycles. The van der Waals surface area contributed by atoms with Gasteiger partial charge in [0.25, 0.3) is 0 Å². The zero-order chi connectivity index (χ0) is 16.4. The van der Waals surface area contributed by atoms with Crippen molar-refractivity contribution in [2.75, 3.05) is 7.05 Å². The summed E-state index contributed by atoms with van der Waals surface area (Å²) < 4.78 is 0. The van der Waals surface area contributed by atoms with Crippen molar-refractivity contribution in [1.82, 2.24) is 4.90 Å². The average Bonchev–Trinajstić information content (AvgIpc) is 2.88. The van der Waals surface area contributed by atoms with Crippen molar-refractivity contribution < 1.29 is 4.79 Å². The minimum atomic E-state index is 0.0462. The molecule has 0 N–H and O–H groups in total. The van der Waals surface area contributed by atoms with Crippen LogP contribution in [0.5, 0.6) is 0 Å². The van der Waals surface area contributed by atoms with Crippen molar-refractivity contribution in [2.45, 2.75) is 77.3 Å².